The van der Waals surface area contributed by atoms with Gasteiger partial charge in [0, 0.05) is 39.8 Å². The molecule has 9 nitrogen and oxygen atoms in total. The summed E-state index contributed by atoms with van der Waals surface area (Å²) in [7, 11) is 0.806. The van der Waals surface area contributed by atoms with Gasteiger partial charge in [-0.15, -0.1) is 24.8 Å². The summed E-state index contributed by atoms with van der Waals surface area (Å²) in [6.45, 7) is 5.15. The zero-order valence-corrected chi connectivity index (χ0v) is 19.1. The van der Waals surface area contributed by atoms with Gasteiger partial charge in [0.05, 0.1) is 0 Å². The second-order valence-electron chi connectivity index (χ2n) is 8.26. The summed E-state index contributed by atoms with van der Waals surface area (Å²) in [6.07, 6.45) is 0.826. The molecule has 0 aliphatic carbocycles. The lowest BCUT2D eigenvalue weighted by molar-refractivity contribution is -0.141. The third-order valence-corrected chi connectivity index (χ3v) is 5.87. The molecule has 12 heteroatoms. The number of hydrogen-bond acceptors (Lipinski definition) is 7. The van der Waals surface area contributed by atoms with Crippen molar-refractivity contribution in [2.75, 3.05) is 39.8 Å². The Morgan fingerprint density at radius 3 is 2.77 bits per heavy atom. The number of rotatable bonds is 5. The van der Waals surface area contributed by atoms with Crippen LogP contribution in [0.2, 0.25) is 6.32 Å². The van der Waals surface area contributed by atoms with Gasteiger partial charge in [-0.25, -0.2) is 4.79 Å². The number of nitrogens with one attached hydrogen (secondary N) is 1. The molecule has 31 heavy (non-hydrogen) atoms. The highest BCUT2D eigenvalue weighted by Gasteiger charge is 2.43. The van der Waals surface area contributed by atoms with Gasteiger partial charge in [-0.05, 0) is 31.3 Å². The molecule has 172 valence electrons. The van der Waals surface area contributed by atoms with Gasteiger partial charge in [-0.3, -0.25) is 9.69 Å². The molecule has 1 aromatic rings. The van der Waals surface area contributed by atoms with E-state index >= 15 is 0 Å². The minimum atomic E-state index is -1.14. The van der Waals surface area contributed by atoms with Crippen molar-refractivity contribution < 1.29 is 29.1 Å². The largest absolute Gasteiger partial charge is 0.535 e. The molecule has 0 bridgehead atoms. The lowest BCUT2D eigenvalue weighted by atomic mass is 9.78. The van der Waals surface area contributed by atoms with Gasteiger partial charge >= 0.3 is 13.1 Å². The number of piperazine rings is 1. The van der Waals surface area contributed by atoms with Crippen LogP contribution >= 0.6 is 24.8 Å². The summed E-state index contributed by atoms with van der Waals surface area (Å²) in [5, 5.41) is 22.7. The van der Waals surface area contributed by atoms with Crippen LogP contribution < -0.4 is 14.7 Å². The van der Waals surface area contributed by atoms with Crippen LogP contribution in [-0.2, 0) is 11.2 Å². The highest BCUT2D eigenvalue weighted by Crippen LogP contribution is 2.37. The number of likely N-dealkylation sites (N-methyl/N-ethyl adjacent to an activating group) is 1. The average molecular weight is 476 g/mol. The second-order valence-corrected chi connectivity index (χ2v) is 8.26. The molecule has 0 spiro atoms. The summed E-state index contributed by atoms with van der Waals surface area (Å²) < 4.78 is 11.3. The van der Waals surface area contributed by atoms with Crippen LogP contribution in [0, 0.1) is 0 Å². The molecular weight excluding hydrogens is 448 g/mol. The third kappa shape index (κ3) is 5.04. The van der Waals surface area contributed by atoms with Crippen molar-refractivity contribution in [2.45, 2.75) is 31.3 Å². The molecule has 3 N–H and O–H groups in total. The maximum absolute atomic E-state index is 12.5. The van der Waals surface area contributed by atoms with Gasteiger partial charge in [-0.1, -0.05) is 6.07 Å². The van der Waals surface area contributed by atoms with Crippen LogP contribution in [0.3, 0.4) is 0 Å². The predicted molar refractivity (Wildman–Crippen MR) is 120 cm³/mol. The lowest BCUT2D eigenvalue weighted by Gasteiger charge is -2.46. The number of carboxylic acids is 1. The first kappa shape index (κ1) is 25.5. The number of benzene rings is 1. The summed E-state index contributed by atoms with van der Waals surface area (Å²) in [4.78, 5) is 28.2. The Kier molecular flexibility index (Phi) is 8.10. The fourth-order valence-electron chi connectivity index (χ4n) is 4.29. The number of carboxylic acid groups (broad SMARTS) is 1. The fraction of sp³-hybridized carbons (Fsp3) is 0.579. The summed E-state index contributed by atoms with van der Waals surface area (Å²) >= 11 is 0. The molecule has 1 amide bonds. The van der Waals surface area contributed by atoms with Crippen molar-refractivity contribution in [2.24, 2.45) is 0 Å². The van der Waals surface area contributed by atoms with Gasteiger partial charge in [0.15, 0.2) is 0 Å². The molecule has 2 fully saturated rings. The molecule has 3 aliphatic heterocycles. The van der Waals surface area contributed by atoms with E-state index in [9.17, 15) is 19.7 Å². The molecule has 4 rings (SSSR count). The minimum Gasteiger partial charge on any atom is -0.535 e. The maximum atomic E-state index is 12.5. The fourth-order valence-corrected chi connectivity index (χ4v) is 4.29. The molecule has 2 saturated heterocycles. The van der Waals surface area contributed by atoms with Crippen LogP contribution in [0.25, 0.3) is 0 Å². The van der Waals surface area contributed by atoms with Crippen molar-refractivity contribution >= 4 is 43.8 Å². The lowest BCUT2D eigenvalue weighted by Crippen LogP contribution is -2.69. The maximum Gasteiger partial charge on any atom is 0.522 e. The Labute approximate surface area is 194 Å². The Morgan fingerprint density at radius 1 is 1.39 bits per heavy atom. The van der Waals surface area contributed by atoms with E-state index < -0.39 is 18.6 Å². The molecule has 0 unspecified atom stereocenters. The van der Waals surface area contributed by atoms with Crippen LogP contribution in [0.4, 0.5) is 0 Å². The first-order valence-corrected chi connectivity index (χ1v) is 9.90. The zero-order chi connectivity index (χ0) is 20.8. The predicted octanol–water partition coefficient (Wildman–Crippen LogP) is 0.527. The second kappa shape index (κ2) is 9.83. The van der Waals surface area contributed by atoms with Crippen molar-refractivity contribution in [3.63, 3.8) is 0 Å². The average Bonchev–Trinajstić information content (AvgIpc) is 2.63. The summed E-state index contributed by atoms with van der Waals surface area (Å²) in [5.41, 5.74) is 0.0895. The first-order chi connectivity index (χ1) is 13.8. The van der Waals surface area contributed by atoms with Gasteiger partial charge in [0.1, 0.15) is 28.7 Å². The molecule has 0 radical (unpaired) electrons. The molecular formula is C19H28BCl2N3O6. The number of ether oxygens (including phenoxy) is 1. The number of carbonyl (C=O) groups excluding carboxylic acids is 1. The van der Waals surface area contributed by atoms with Gasteiger partial charge in [0.25, 0.3) is 0 Å². The summed E-state index contributed by atoms with van der Waals surface area (Å²) in [6, 6.07) is 3.45. The third-order valence-electron chi connectivity index (χ3n) is 5.87. The van der Waals surface area contributed by atoms with Crippen molar-refractivity contribution in [3.8, 4) is 11.5 Å². The van der Waals surface area contributed by atoms with E-state index in [-0.39, 0.29) is 53.9 Å². The van der Waals surface area contributed by atoms with E-state index in [1.165, 1.54) is 0 Å². The number of nitrogens with zero attached hydrogens (tertiary/aromatic N) is 2. The Bertz CT molecular complexity index is 841. The molecule has 0 saturated carbocycles. The van der Waals surface area contributed by atoms with Crippen LogP contribution in [0.1, 0.15) is 22.8 Å². The molecule has 3 heterocycles. The van der Waals surface area contributed by atoms with E-state index in [1.807, 2.05) is 14.0 Å². The van der Waals surface area contributed by atoms with Crippen LogP contribution in [-0.4, -0.2) is 90.3 Å². The van der Waals surface area contributed by atoms with E-state index in [0.717, 1.165) is 12.1 Å². The number of likely N-dealkylation sites (tertiary alicyclic amines) is 1. The van der Waals surface area contributed by atoms with Crippen LogP contribution in [0.15, 0.2) is 12.1 Å². The van der Waals surface area contributed by atoms with Crippen molar-refractivity contribution in [3.05, 3.63) is 23.3 Å². The van der Waals surface area contributed by atoms with E-state index in [0.29, 0.717) is 38.9 Å². The standard InChI is InChI=1S/C19H26BN3O6.2ClH/c1-19(18(26)22(2)8-7-21-19)11-23-9-13(10-23)28-14-4-3-12-5-6-20(27)29-16(12)15(14)17(24)25;;/h3-4,13,21,27H,5-11H2,1-2H3,(H,24,25);2*1H/t19-;;/m1../s1. The zero-order valence-electron chi connectivity index (χ0n) is 17.5. The van der Waals surface area contributed by atoms with Gasteiger partial charge in [0.2, 0.25) is 5.91 Å². The van der Waals surface area contributed by atoms with Gasteiger partial charge < -0.3 is 29.7 Å². The minimum absolute atomic E-state index is 0. The monoisotopic (exact) mass is 475 g/mol. The smallest absolute Gasteiger partial charge is 0.522 e. The number of hydrogen-bond donors (Lipinski definition) is 3. The van der Waals surface area contributed by atoms with E-state index in [2.05, 4.69) is 10.2 Å². The highest BCUT2D eigenvalue weighted by molar-refractivity contribution is 6.44. The number of amides is 1. The van der Waals surface area contributed by atoms with E-state index in [4.69, 9.17) is 9.39 Å². The molecule has 3 aliphatic rings. The molecule has 1 atom stereocenters. The highest BCUT2D eigenvalue weighted by atomic mass is 35.5. The van der Waals surface area contributed by atoms with E-state index in [1.54, 1.807) is 17.0 Å². The Balaban J connectivity index is 0.00000171. The SMILES string of the molecule is CN1CCN[C@](C)(CN2CC(Oc3ccc4c(c3C(=O)O)OB(O)CC4)C2)C1=O.Cl.Cl. The topological polar surface area (TPSA) is 112 Å². The number of carbonyl (C=O) groups is 2. The number of fused-ring (bicyclic) bond motifs is 1. The number of halogens is 2. The van der Waals surface area contributed by atoms with Crippen molar-refractivity contribution in [1.29, 1.82) is 0 Å². The van der Waals surface area contributed by atoms with Crippen molar-refractivity contribution in [1.82, 2.24) is 15.1 Å². The molecule has 1 aromatic carbocycles. The molecule has 0 aromatic heterocycles. The number of aryl methyl sites for hydroxylation is 1. The Hall–Kier alpha value is -1.72. The number of aromatic carboxylic acids is 1. The van der Waals surface area contributed by atoms with Gasteiger partial charge in [-0.2, -0.15) is 0 Å². The Morgan fingerprint density at radius 2 is 2.10 bits per heavy atom. The van der Waals surface area contributed by atoms with Crippen LogP contribution in [0.5, 0.6) is 11.5 Å². The summed E-state index contributed by atoms with van der Waals surface area (Å²) in [5.74, 6) is -0.633. The normalized spacial score (nSPS) is 23.6. The quantitative estimate of drug-likeness (QED) is 0.528. The first-order valence-electron chi connectivity index (χ1n) is 9.90.